The van der Waals surface area contributed by atoms with E-state index in [0.717, 1.165) is 4.48 Å². The summed E-state index contributed by atoms with van der Waals surface area (Å²) >= 11 is 3.08. The van der Waals surface area contributed by atoms with Gasteiger partial charge in [-0.05, 0) is 15.9 Å². The predicted molar refractivity (Wildman–Crippen MR) is 36.8 cm³/mol. The number of nitrogens with zero attached hydrogens (tertiary/aromatic N) is 1. The number of halogens is 1. The Morgan fingerprint density at radius 3 is 2.43 bits per heavy atom. The summed E-state index contributed by atoms with van der Waals surface area (Å²) in [5.74, 6) is 0. The minimum atomic E-state index is 0.757. The molecule has 0 amide bonds. The zero-order valence-electron chi connectivity index (χ0n) is 3.89. The van der Waals surface area contributed by atoms with Crippen molar-refractivity contribution in [3.63, 3.8) is 0 Å². The topological polar surface area (TPSA) is 12.4 Å². The molecule has 1 nitrogen and oxygen atoms in total. The minimum Gasteiger partial charge on any atom is -0.264 e. The van der Waals surface area contributed by atoms with Gasteiger partial charge in [0.1, 0.15) is 0 Å². The lowest BCUT2D eigenvalue weighted by Gasteiger charge is -1.74. The van der Waals surface area contributed by atoms with Gasteiger partial charge >= 0.3 is 0 Å². The fraction of sp³-hybridized carbons (Fsp3) is 0. The van der Waals surface area contributed by atoms with Crippen LogP contribution in [0.2, 0.25) is 0 Å². The molecule has 7 heavy (non-hydrogen) atoms. The number of allylic oxidation sites excluding steroid dienone is 1. The minimum absolute atomic E-state index is 0.757. The van der Waals surface area contributed by atoms with E-state index in [1.165, 1.54) is 6.20 Å². The summed E-state index contributed by atoms with van der Waals surface area (Å²) in [6.07, 6.45) is 3.03. The molecule has 0 bridgehead atoms. The molecule has 0 rings (SSSR count). The van der Waals surface area contributed by atoms with E-state index in [9.17, 15) is 0 Å². The van der Waals surface area contributed by atoms with Crippen LogP contribution in [0.4, 0.5) is 0 Å². The van der Waals surface area contributed by atoms with Crippen LogP contribution >= 0.6 is 15.9 Å². The first-order valence-electron chi connectivity index (χ1n) is 1.76. The monoisotopic (exact) mass is 159 g/mol. The molecule has 38 valence electrons. The molecule has 0 fully saturated rings. The van der Waals surface area contributed by atoms with Gasteiger partial charge < -0.3 is 0 Å². The smallest absolute Gasteiger partial charge is 0.0403 e. The van der Waals surface area contributed by atoms with Gasteiger partial charge in [0.05, 0.1) is 0 Å². The van der Waals surface area contributed by atoms with E-state index < -0.39 is 0 Å². The van der Waals surface area contributed by atoms with E-state index in [-0.39, 0.29) is 0 Å². The van der Waals surface area contributed by atoms with Gasteiger partial charge in [0.15, 0.2) is 0 Å². The Labute approximate surface area is 51.6 Å². The van der Waals surface area contributed by atoms with Crippen molar-refractivity contribution in [2.75, 3.05) is 0 Å². The molecule has 0 heterocycles. The maximum absolute atomic E-state index is 3.66. The summed E-state index contributed by atoms with van der Waals surface area (Å²) in [5, 5.41) is 0. The SMILES string of the molecule is C=C/N=C\C(=C)Br. The van der Waals surface area contributed by atoms with Crippen LogP contribution in [-0.4, -0.2) is 6.21 Å². The van der Waals surface area contributed by atoms with Crippen LogP contribution in [0, 0.1) is 0 Å². The first-order chi connectivity index (χ1) is 3.27. The summed E-state index contributed by atoms with van der Waals surface area (Å²) in [4.78, 5) is 3.66. The van der Waals surface area contributed by atoms with Crippen molar-refractivity contribution in [2.24, 2.45) is 4.99 Å². The second-order valence-corrected chi connectivity index (χ2v) is 1.93. The van der Waals surface area contributed by atoms with Crippen LogP contribution in [0.1, 0.15) is 0 Å². The zero-order chi connectivity index (χ0) is 5.70. The lowest BCUT2D eigenvalue weighted by molar-refractivity contribution is 1.63. The third-order valence-corrected chi connectivity index (χ3v) is 0.525. The van der Waals surface area contributed by atoms with E-state index in [0.29, 0.717) is 0 Å². The fourth-order valence-corrected chi connectivity index (χ4v) is 0.252. The molecule has 0 N–H and O–H groups in total. The second-order valence-electron chi connectivity index (χ2n) is 0.908. The first-order valence-corrected chi connectivity index (χ1v) is 2.55. The Bertz CT molecular complexity index is 105. The maximum atomic E-state index is 3.66. The van der Waals surface area contributed by atoms with Crippen molar-refractivity contribution in [3.8, 4) is 0 Å². The van der Waals surface area contributed by atoms with Gasteiger partial charge in [0.25, 0.3) is 0 Å². The average molecular weight is 160 g/mol. The summed E-state index contributed by atoms with van der Waals surface area (Å²) in [6.45, 7) is 6.88. The third kappa shape index (κ3) is 5.63. The number of rotatable bonds is 2. The molecule has 0 aliphatic rings. The summed E-state index contributed by atoms with van der Waals surface area (Å²) in [7, 11) is 0. The number of hydrogen-bond donors (Lipinski definition) is 0. The largest absolute Gasteiger partial charge is 0.264 e. The van der Waals surface area contributed by atoms with E-state index in [1.807, 2.05) is 0 Å². The van der Waals surface area contributed by atoms with Crippen LogP contribution in [0.5, 0.6) is 0 Å². The quantitative estimate of drug-likeness (QED) is 0.548. The van der Waals surface area contributed by atoms with E-state index in [4.69, 9.17) is 0 Å². The van der Waals surface area contributed by atoms with Gasteiger partial charge in [0, 0.05) is 16.9 Å². The van der Waals surface area contributed by atoms with Crippen LogP contribution in [-0.2, 0) is 0 Å². The van der Waals surface area contributed by atoms with Crippen LogP contribution in [0.15, 0.2) is 28.8 Å². The molecule has 0 aromatic heterocycles. The highest BCUT2D eigenvalue weighted by molar-refractivity contribution is 9.12. The molecule has 0 spiro atoms. The summed E-state index contributed by atoms with van der Waals surface area (Å²) in [5.41, 5.74) is 0. The lowest BCUT2D eigenvalue weighted by Crippen LogP contribution is -1.63. The molecular formula is C5H6BrN. The van der Waals surface area contributed by atoms with Crippen molar-refractivity contribution in [2.45, 2.75) is 0 Å². The van der Waals surface area contributed by atoms with Crippen molar-refractivity contribution in [3.05, 3.63) is 23.8 Å². The highest BCUT2D eigenvalue weighted by Gasteiger charge is 1.69. The van der Waals surface area contributed by atoms with Gasteiger partial charge in [-0.3, -0.25) is 4.99 Å². The number of hydrogen-bond acceptors (Lipinski definition) is 1. The Balaban J connectivity index is 3.46. The molecule has 0 aromatic carbocycles. The highest BCUT2D eigenvalue weighted by atomic mass is 79.9. The van der Waals surface area contributed by atoms with E-state index in [1.54, 1.807) is 6.21 Å². The Kier molecular flexibility index (Phi) is 3.61. The average Bonchev–Trinajstić information content (AvgIpc) is 1.61. The molecule has 0 atom stereocenters. The Morgan fingerprint density at radius 2 is 2.29 bits per heavy atom. The first kappa shape index (κ1) is 6.63. The van der Waals surface area contributed by atoms with Crippen LogP contribution in [0.25, 0.3) is 0 Å². The zero-order valence-corrected chi connectivity index (χ0v) is 5.48. The molecule has 0 unspecified atom stereocenters. The van der Waals surface area contributed by atoms with Crippen molar-refractivity contribution in [1.82, 2.24) is 0 Å². The summed E-state index contributed by atoms with van der Waals surface area (Å²) in [6, 6.07) is 0. The normalized spacial score (nSPS) is 9.29. The molecule has 0 aliphatic heterocycles. The van der Waals surface area contributed by atoms with E-state index >= 15 is 0 Å². The summed E-state index contributed by atoms with van der Waals surface area (Å²) < 4.78 is 0.757. The molecular weight excluding hydrogens is 154 g/mol. The van der Waals surface area contributed by atoms with E-state index in [2.05, 4.69) is 34.1 Å². The number of aliphatic imine (C=N–C) groups is 1. The Hall–Kier alpha value is -0.370. The molecule has 0 radical (unpaired) electrons. The standard InChI is InChI=1S/C5H6BrN/c1-3-7-4-5(2)6/h3-4H,1-2H2/b7-4-. The van der Waals surface area contributed by atoms with Gasteiger partial charge in [-0.2, -0.15) is 0 Å². The lowest BCUT2D eigenvalue weighted by atomic mass is 10.7. The highest BCUT2D eigenvalue weighted by Crippen LogP contribution is 1.93. The Morgan fingerprint density at radius 1 is 1.71 bits per heavy atom. The van der Waals surface area contributed by atoms with Gasteiger partial charge in [0.2, 0.25) is 0 Å². The second kappa shape index (κ2) is 3.81. The maximum Gasteiger partial charge on any atom is 0.0403 e. The molecule has 0 aliphatic carbocycles. The van der Waals surface area contributed by atoms with Crippen LogP contribution < -0.4 is 0 Å². The molecule has 0 aromatic rings. The van der Waals surface area contributed by atoms with Crippen LogP contribution in [0.3, 0.4) is 0 Å². The third-order valence-electron chi connectivity index (χ3n) is 0.320. The molecule has 0 saturated heterocycles. The van der Waals surface area contributed by atoms with Gasteiger partial charge in [-0.1, -0.05) is 13.2 Å². The van der Waals surface area contributed by atoms with Crippen molar-refractivity contribution >= 4 is 22.1 Å². The predicted octanol–water partition coefficient (Wildman–Crippen LogP) is 2.11. The molecule has 0 saturated carbocycles. The van der Waals surface area contributed by atoms with Crippen molar-refractivity contribution in [1.29, 1.82) is 0 Å². The van der Waals surface area contributed by atoms with Gasteiger partial charge in [-0.15, -0.1) is 0 Å². The fourth-order valence-electron chi connectivity index (χ4n) is 0.134. The van der Waals surface area contributed by atoms with Gasteiger partial charge in [-0.25, -0.2) is 0 Å². The molecule has 2 heteroatoms. The van der Waals surface area contributed by atoms with Crippen molar-refractivity contribution < 1.29 is 0 Å².